The van der Waals surface area contributed by atoms with E-state index < -0.39 is 6.04 Å². The van der Waals surface area contributed by atoms with E-state index in [9.17, 15) is 9.59 Å². The fraction of sp³-hybridized carbons (Fsp3) is 0.440. The van der Waals surface area contributed by atoms with Crippen molar-refractivity contribution in [2.24, 2.45) is 0 Å². The summed E-state index contributed by atoms with van der Waals surface area (Å²) in [5, 5.41) is 4.72. The highest BCUT2D eigenvalue weighted by Crippen LogP contribution is 2.28. The predicted molar refractivity (Wildman–Crippen MR) is 138 cm³/mol. The van der Waals surface area contributed by atoms with Crippen molar-refractivity contribution in [2.75, 3.05) is 6.61 Å². The van der Waals surface area contributed by atoms with Crippen LogP contribution in [0.1, 0.15) is 51.0 Å². The van der Waals surface area contributed by atoms with Crippen LogP contribution in [0.4, 0.5) is 0 Å². The number of hydrogen-bond donors (Lipinski definition) is 1. The summed E-state index contributed by atoms with van der Waals surface area (Å²) < 4.78 is 5.68. The van der Waals surface area contributed by atoms with Gasteiger partial charge in [0, 0.05) is 17.6 Å². The lowest BCUT2D eigenvalue weighted by atomic mass is 9.95. The van der Waals surface area contributed by atoms with Crippen molar-refractivity contribution in [1.29, 1.82) is 0 Å². The topological polar surface area (TPSA) is 58.6 Å². The van der Waals surface area contributed by atoms with E-state index >= 15 is 0 Å². The number of rotatable bonds is 9. The molecule has 3 rings (SSSR count). The molecule has 1 aliphatic rings. The summed E-state index contributed by atoms with van der Waals surface area (Å²) in [6.07, 6.45) is 5.76. The number of hydrogen-bond acceptors (Lipinski definition) is 3. The van der Waals surface area contributed by atoms with Crippen molar-refractivity contribution >= 4 is 58.2 Å². The van der Waals surface area contributed by atoms with E-state index in [1.165, 1.54) is 11.3 Å². The Hall–Kier alpha value is -1.66. The lowest BCUT2D eigenvalue weighted by Crippen LogP contribution is -2.52. The van der Waals surface area contributed by atoms with E-state index in [1.807, 2.05) is 6.92 Å². The summed E-state index contributed by atoms with van der Waals surface area (Å²) in [4.78, 5) is 28.1. The molecule has 1 atom stereocenters. The standard InChI is InChI=1S/C25H28Cl4N2O3/c1-2-22(25(33)30-18-6-4-3-5-7-18)31(14-16-8-10-19(27)20(28)12-16)24(32)15-34-23-11-9-17(26)13-21(23)29/h8-13,18,22H,2-7,14-15H2,1H3,(H,30,33)/t22-/m1/s1. The lowest BCUT2D eigenvalue weighted by molar-refractivity contribution is -0.143. The molecular formula is C25H28Cl4N2O3. The number of carbonyl (C=O) groups excluding carboxylic acids is 2. The first-order chi connectivity index (χ1) is 16.3. The van der Waals surface area contributed by atoms with Crippen molar-refractivity contribution in [3.8, 4) is 5.75 Å². The van der Waals surface area contributed by atoms with E-state index in [2.05, 4.69) is 5.32 Å². The van der Waals surface area contributed by atoms with Crippen LogP contribution in [0.15, 0.2) is 36.4 Å². The molecule has 1 saturated carbocycles. The molecule has 34 heavy (non-hydrogen) atoms. The summed E-state index contributed by atoms with van der Waals surface area (Å²) in [5.74, 6) is -0.163. The Morgan fingerprint density at radius 2 is 1.74 bits per heavy atom. The highest BCUT2D eigenvalue weighted by molar-refractivity contribution is 6.42. The number of nitrogens with zero attached hydrogens (tertiary/aromatic N) is 1. The normalized spacial score (nSPS) is 15.0. The molecule has 0 radical (unpaired) electrons. The monoisotopic (exact) mass is 544 g/mol. The van der Waals surface area contributed by atoms with Gasteiger partial charge in [-0.2, -0.15) is 0 Å². The zero-order chi connectivity index (χ0) is 24.7. The third-order valence-electron chi connectivity index (χ3n) is 5.92. The van der Waals surface area contributed by atoms with Gasteiger partial charge in [0.2, 0.25) is 5.91 Å². The summed E-state index contributed by atoms with van der Waals surface area (Å²) in [6.45, 7) is 1.79. The van der Waals surface area contributed by atoms with Crippen LogP contribution in [0.5, 0.6) is 5.75 Å². The van der Waals surface area contributed by atoms with Crippen LogP contribution < -0.4 is 10.1 Å². The van der Waals surface area contributed by atoms with Gasteiger partial charge in [-0.1, -0.05) is 78.7 Å². The molecule has 2 aromatic carbocycles. The fourth-order valence-corrected chi connectivity index (χ4v) is 4.90. The van der Waals surface area contributed by atoms with Crippen molar-refractivity contribution in [3.63, 3.8) is 0 Å². The molecule has 0 aromatic heterocycles. The van der Waals surface area contributed by atoms with Crippen LogP contribution in [0.25, 0.3) is 0 Å². The maximum Gasteiger partial charge on any atom is 0.261 e. The molecule has 1 N–H and O–H groups in total. The van der Waals surface area contributed by atoms with E-state index in [1.54, 1.807) is 36.4 Å². The molecule has 0 heterocycles. The summed E-state index contributed by atoms with van der Waals surface area (Å²) in [6, 6.07) is 9.43. The summed E-state index contributed by atoms with van der Waals surface area (Å²) >= 11 is 24.4. The zero-order valence-electron chi connectivity index (χ0n) is 19.0. The Morgan fingerprint density at radius 3 is 2.38 bits per heavy atom. The smallest absolute Gasteiger partial charge is 0.261 e. The molecule has 184 valence electrons. The zero-order valence-corrected chi connectivity index (χ0v) is 22.0. The number of amides is 2. The molecule has 2 amide bonds. The number of ether oxygens (including phenoxy) is 1. The average molecular weight is 546 g/mol. The van der Waals surface area contributed by atoms with E-state index in [-0.39, 0.29) is 31.0 Å². The molecule has 0 aliphatic heterocycles. The largest absolute Gasteiger partial charge is 0.482 e. The quantitative estimate of drug-likeness (QED) is 0.371. The SMILES string of the molecule is CC[C@H](C(=O)NC1CCCCC1)N(Cc1ccc(Cl)c(Cl)c1)C(=O)COc1ccc(Cl)cc1Cl. The van der Waals surface area contributed by atoms with Gasteiger partial charge in [-0.25, -0.2) is 0 Å². The molecule has 5 nitrogen and oxygen atoms in total. The lowest BCUT2D eigenvalue weighted by Gasteiger charge is -2.32. The van der Waals surface area contributed by atoms with Gasteiger partial charge in [-0.3, -0.25) is 9.59 Å². The maximum atomic E-state index is 13.3. The average Bonchev–Trinajstić information content (AvgIpc) is 2.81. The van der Waals surface area contributed by atoms with Crippen LogP contribution in [-0.4, -0.2) is 35.4 Å². The van der Waals surface area contributed by atoms with Crippen LogP contribution in [-0.2, 0) is 16.1 Å². The maximum absolute atomic E-state index is 13.3. The van der Waals surface area contributed by atoms with Crippen LogP contribution in [0.2, 0.25) is 20.1 Å². The molecule has 0 bridgehead atoms. The van der Waals surface area contributed by atoms with Gasteiger partial charge in [0.15, 0.2) is 6.61 Å². The molecule has 0 spiro atoms. The van der Waals surface area contributed by atoms with E-state index in [0.29, 0.717) is 32.3 Å². The van der Waals surface area contributed by atoms with Crippen molar-refractivity contribution in [3.05, 3.63) is 62.1 Å². The molecule has 2 aromatic rings. The van der Waals surface area contributed by atoms with Gasteiger partial charge in [0.1, 0.15) is 11.8 Å². The molecule has 1 fully saturated rings. The number of benzene rings is 2. The minimum absolute atomic E-state index is 0.140. The third kappa shape index (κ3) is 7.42. The van der Waals surface area contributed by atoms with Crippen LogP contribution in [0, 0.1) is 0 Å². The molecular weight excluding hydrogens is 518 g/mol. The van der Waals surface area contributed by atoms with Crippen LogP contribution in [0.3, 0.4) is 0 Å². The predicted octanol–water partition coefficient (Wildman–Crippen LogP) is 6.94. The van der Waals surface area contributed by atoms with Gasteiger partial charge in [-0.15, -0.1) is 0 Å². The van der Waals surface area contributed by atoms with Crippen molar-refractivity contribution in [1.82, 2.24) is 10.2 Å². The van der Waals surface area contributed by atoms with Gasteiger partial charge in [0.25, 0.3) is 5.91 Å². The van der Waals surface area contributed by atoms with Crippen molar-refractivity contribution in [2.45, 2.75) is 64.1 Å². The first-order valence-corrected chi connectivity index (χ1v) is 12.9. The van der Waals surface area contributed by atoms with E-state index in [0.717, 1.165) is 31.2 Å². The molecule has 1 aliphatic carbocycles. The second-order valence-corrected chi connectivity index (χ2v) is 10.1. The van der Waals surface area contributed by atoms with Crippen molar-refractivity contribution < 1.29 is 14.3 Å². The Bertz CT molecular complexity index is 1010. The fourth-order valence-electron chi connectivity index (χ4n) is 4.11. The summed E-state index contributed by atoms with van der Waals surface area (Å²) in [7, 11) is 0. The number of carbonyl (C=O) groups is 2. The molecule has 0 unspecified atom stereocenters. The Balaban J connectivity index is 1.79. The first kappa shape index (κ1) is 26.9. The number of nitrogens with one attached hydrogen (secondary N) is 1. The highest BCUT2D eigenvalue weighted by atomic mass is 35.5. The molecule has 9 heteroatoms. The second kappa shape index (κ2) is 12.9. The van der Waals surface area contributed by atoms with Gasteiger partial charge < -0.3 is 15.0 Å². The van der Waals surface area contributed by atoms with Crippen LogP contribution >= 0.6 is 46.4 Å². The second-order valence-electron chi connectivity index (χ2n) is 8.40. The van der Waals surface area contributed by atoms with Gasteiger partial charge in [-0.05, 0) is 55.2 Å². The first-order valence-electron chi connectivity index (χ1n) is 11.4. The third-order valence-corrected chi connectivity index (χ3v) is 7.19. The molecule has 0 saturated heterocycles. The minimum Gasteiger partial charge on any atom is -0.482 e. The Morgan fingerprint density at radius 1 is 1.00 bits per heavy atom. The Labute approximate surface area is 220 Å². The number of halogens is 4. The summed E-state index contributed by atoms with van der Waals surface area (Å²) in [5.41, 5.74) is 0.760. The van der Waals surface area contributed by atoms with Gasteiger partial charge >= 0.3 is 0 Å². The van der Waals surface area contributed by atoms with E-state index in [4.69, 9.17) is 51.1 Å². The minimum atomic E-state index is -0.659. The highest BCUT2D eigenvalue weighted by Gasteiger charge is 2.30. The Kier molecular flexibility index (Phi) is 10.2. The van der Waals surface area contributed by atoms with Gasteiger partial charge in [0.05, 0.1) is 15.1 Å².